The molecule has 1 amide bonds. The van der Waals surface area contributed by atoms with E-state index in [9.17, 15) is 4.79 Å². The first-order valence-corrected chi connectivity index (χ1v) is 6.25. The van der Waals surface area contributed by atoms with E-state index in [1.54, 1.807) is 7.11 Å². The Morgan fingerprint density at radius 2 is 2.16 bits per heavy atom. The summed E-state index contributed by atoms with van der Waals surface area (Å²) in [4.78, 5) is 11.7. The molecule has 0 radical (unpaired) electrons. The van der Waals surface area contributed by atoms with Gasteiger partial charge in [-0.2, -0.15) is 0 Å². The molecule has 0 fully saturated rings. The molecule has 19 heavy (non-hydrogen) atoms. The highest BCUT2D eigenvalue weighted by Crippen LogP contribution is 2.18. The number of amides is 1. The average Bonchev–Trinajstić information content (AvgIpc) is 2.37. The van der Waals surface area contributed by atoms with Gasteiger partial charge in [0.25, 0.3) is 0 Å². The van der Waals surface area contributed by atoms with Crippen LogP contribution in [-0.2, 0) is 11.3 Å². The van der Waals surface area contributed by atoms with Gasteiger partial charge in [-0.05, 0) is 30.5 Å². The molecule has 1 aromatic carbocycles. The largest absolute Gasteiger partial charge is 0.496 e. The Hall–Kier alpha value is -1.26. The van der Waals surface area contributed by atoms with Crippen molar-refractivity contribution in [2.24, 2.45) is 5.73 Å². The minimum atomic E-state index is -0.414. The first-order chi connectivity index (χ1) is 8.58. The standard InChI is InChI=1S/C14H22N2O2.ClH/c1-4-5-12(15)14(17)16-9-11-7-6-10(2)13(8-11)18-3;/h6-8,12H,4-5,9,15H2,1-3H3,(H,16,17);1H. The molecule has 0 aliphatic carbocycles. The fraction of sp³-hybridized carbons (Fsp3) is 0.500. The Morgan fingerprint density at radius 3 is 2.74 bits per heavy atom. The lowest BCUT2D eigenvalue weighted by Gasteiger charge is -2.12. The second kappa shape index (κ2) is 8.77. The molecule has 0 aliphatic rings. The first-order valence-electron chi connectivity index (χ1n) is 6.25. The van der Waals surface area contributed by atoms with E-state index in [1.165, 1.54) is 0 Å². The molecule has 4 nitrogen and oxygen atoms in total. The van der Waals surface area contributed by atoms with Gasteiger partial charge in [0.1, 0.15) is 5.75 Å². The SMILES string of the molecule is CCCC(N)C(=O)NCc1ccc(C)c(OC)c1.Cl. The molecule has 108 valence electrons. The summed E-state index contributed by atoms with van der Waals surface area (Å²) in [5.41, 5.74) is 7.82. The van der Waals surface area contributed by atoms with Crippen LogP contribution in [-0.4, -0.2) is 19.1 Å². The van der Waals surface area contributed by atoms with Gasteiger partial charge in [-0.15, -0.1) is 12.4 Å². The van der Waals surface area contributed by atoms with Crippen LogP contribution in [0.3, 0.4) is 0 Å². The number of ether oxygens (including phenoxy) is 1. The number of methoxy groups -OCH3 is 1. The summed E-state index contributed by atoms with van der Waals surface area (Å²) >= 11 is 0. The normalized spacial score (nSPS) is 11.4. The highest BCUT2D eigenvalue weighted by molar-refractivity contribution is 5.85. The Labute approximate surface area is 121 Å². The topological polar surface area (TPSA) is 64.4 Å². The zero-order valence-corrected chi connectivity index (χ0v) is 12.5. The highest BCUT2D eigenvalue weighted by Gasteiger charge is 2.11. The van der Waals surface area contributed by atoms with E-state index >= 15 is 0 Å². The molecule has 1 atom stereocenters. The van der Waals surface area contributed by atoms with Crippen LogP contribution in [0, 0.1) is 6.92 Å². The lowest BCUT2D eigenvalue weighted by atomic mass is 10.1. The van der Waals surface area contributed by atoms with E-state index in [1.807, 2.05) is 32.0 Å². The zero-order valence-electron chi connectivity index (χ0n) is 11.7. The number of carbonyl (C=O) groups excluding carboxylic acids is 1. The van der Waals surface area contributed by atoms with Crippen molar-refractivity contribution in [3.05, 3.63) is 29.3 Å². The third-order valence-electron chi connectivity index (χ3n) is 2.88. The van der Waals surface area contributed by atoms with Crippen LogP contribution >= 0.6 is 12.4 Å². The van der Waals surface area contributed by atoms with Crippen molar-refractivity contribution >= 4 is 18.3 Å². The molecule has 0 aliphatic heterocycles. The van der Waals surface area contributed by atoms with Gasteiger partial charge in [-0.25, -0.2) is 0 Å². The molecule has 1 rings (SSSR count). The quantitative estimate of drug-likeness (QED) is 0.842. The van der Waals surface area contributed by atoms with Crippen LogP contribution in [0.25, 0.3) is 0 Å². The minimum absolute atomic E-state index is 0. The van der Waals surface area contributed by atoms with Crippen molar-refractivity contribution in [3.63, 3.8) is 0 Å². The van der Waals surface area contributed by atoms with E-state index in [0.717, 1.165) is 23.3 Å². The lowest BCUT2D eigenvalue weighted by molar-refractivity contribution is -0.122. The maximum absolute atomic E-state index is 11.7. The Balaban J connectivity index is 0.00000324. The van der Waals surface area contributed by atoms with Crippen LogP contribution in [0.15, 0.2) is 18.2 Å². The summed E-state index contributed by atoms with van der Waals surface area (Å²) in [6.07, 6.45) is 1.62. The summed E-state index contributed by atoms with van der Waals surface area (Å²) in [7, 11) is 1.64. The lowest BCUT2D eigenvalue weighted by Crippen LogP contribution is -2.40. The number of rotatable bonds is 6. The molecule has 0 aromatic heterocycles. The van der Waals surface area contributed by atoms with Crippen LogP contribution in [0.2, 0.25) is 0 Å². The van der Waals surface area contributed by atoms with Crippen molar-refractivity contribution in [2.75, 3.05) is 7.11 Å². The van der Waals surface area contributed by atoms with E-state index < -0.39 is 6.04 Å². The molecule has 0 saturated carbocycles. The van der Waals surface area contributed by atoms with Crippen LogP contribution in [0.1, 0.15) is 30.9 Å². The number of hydrogen-bond donors (Lipinski definition) is 2. The number of benzene rings is 1. The molecule has 1 aromatic rings. The minimum Gasteiger partial charge on any atom is -0.496 e. The van der Waals surface area contributed by atoms with E-state index in [-0.39, 0.29) is 18.3 Å². The summed E-state index contributed by atoms with van der Waals surface area (Å²) < 4.78 is 5.24. The van der Waals surface area contributed by atoms with Gasteiger partial charge in [-0.1, -0.05) is 25.5 Å². The predicted molar refractivity (Wildman–Crippen MR) is 79.7 cm³/mol. The van der Waals surface area contributed by atoms with Crippen LogP contribution in [0.4, 0.5) is 0 Å². The summed E-state index contributed by atoms with van der Waals surface area (Å²) in [5, 5.41) is 2.83. The van der Waals surface area contributed by atoms with Crippen LogP contribution < -0.4 is 15.8 Å². The van der Waals surface area contributed by atoms with Crippen molar-refractivity contribution in [1.82, 2.24) is 5.32 Å². The molecule has 0 heterocycles. The van der Waals surface area contributed by atoms with Gasteiger partial charge in [0.2, 0.25) is 5.91 Å². The third-order valence-corrected chi connectivity index (χ3v) is 2.88. The molecule has 0 spiro atoms. The fourth-order valence-electron chi connectivity index (χ4n) is 1.74. The number of halogens is 1. The number of nitrogens with two attached hydrogens (primary N) is 1. The molecule has 5 heteroatoms. The van der Waals surface area contributed by atoms with Gasteiger partial charge in [0.15, 0.2) is 0 Å². The second-order valence-electron chi connectivity index (χ2n) is 4.42. The first kappa shape index (κ1) is 17.7. The van der Waals surface area contributed by atoms with Gasteiger partial charge < -0.3 is 15.8 Å². The van der Waals surface area contributed by atoms with E-state index in [4.69, 9.17) is 10.5 Å². The van der Waals surface area contributed by atoms with Gasteiger partial charge in [0.05, 0.1) is 13.2 Å². The summed E-state index contributed by atoms with van der Waals surface area (Å²) in [6, 6.07) is 5.47. The van der Waals surface area contributed by atoms with E-state index in [0.29, 0.717) is 13.0 Å². The second-order valence-corrected chi connectivity index (χ2v) is 4.42. The van der Waals surface area contributed by atoms with Gasteiger partial charge in [0, 0.05) is 6.54 Å². The van der Waals surface area contributed by atoms with Gasteiger partial charge >= 0.3 is 0 Å². The maximum atomic E-state index is 11.7. The Morgan fingerprint density at radius 1 is 1.47 bits per heavy atom. The van der Waals surface area contributed by atoms with Crippen molar-refractivity contribution < 1.29 is 9.53 Å². The monoisotopic (exact) mass is 286 g/mol. The molecular formula is C14H23ClN2O2. The third kappa shape index (κ3) is 5.49. The highest BCUT2D eigenvalue weighted by atomic mass is 35.5. The Bertz CT molecular complexity index is 410. The predicted octanol–water partition coefficient (Wildman–Crippen LogP) is 2.17. The average molecular weight is 287 g/mol. The molecule has 0 saturated heterocycles. The molecular weight excluding hydrogens is 264 g/mol. The van der Waals surface area contributed by atoms with Crippen molar-refractivity contribution in [3.8, 4) is 5.75 Å². The number of nitrogens with one attached hydrogen (secondary N) is 1. The smallest absolute Gasteiger partial charge is 0.237 e. The summed E-state index contributed by atoms with van der Waals surface area (Å²) in [5.74, 6) is 0.732. The molecule has 3 N–H and O–H groups in total. The van der Waals surface area contributed by atoms with Crippen molar-refractivity contribution in [2.45, 2.75) is 39.3 Å². The summed E-state index contributed by atoms with van der Waals surface area (Å²) in [6.45, 7) is 4.48. The Kier molecular flexibility index (Phi) is 8.19. The number of aryl methyl sites for hydroxylation is 1. The van der Waals surface area contributed by atoms with E-state index in [2.05, 4.69) is 5.32 Å². The van der Waals surface area contributed by atoms with Crippen LogP contribution in [0.5, 0.6) is 5.75 Å². The maximum Gasteiger partial charge on any atom is 0.237 e. The number of carbonyl (C=O) groups is 1. The fourth-order valence-corrected chi connectivity index (χ4v) is 1.74. The zero-order chi connectivity index (χ0) is 13.5. The van der Waals surface area contributed by atoms with Crippen molar-refractivity contribution in [1.29, 1.82) is 0 Å². The molecule has 1 unspecified atom stereocenters. The van der Waals surface area contributed by atoms with Gasteiger partial charge in [-0.3, -0.25) is 4.79 Å². The number of hydrogen-bond acceptors (Lipinski definition) is 3. The molecule has 0 bridgehead atoms.